The molecule has 4 aromatic rings. The SMILES string of the molecule is Cc1ccc(NC(=O)c2cnc3c(cnn3Cc3ccccc3)c2Cl)cc1. The summed E-state index contributed by atoms with van der Waals surface area (Å²) in [5.41, 5.74) is 3.92. The van der Waals surface area contributed by atoms with Crippen molar-refractivity contribution >= 4 is 34.2 Å². The van der Waals surface area contributed by atoms with Gasteiger partial charge in [-0.2, -0.15) is 5.10 Å². The molecule has 0 saturated heterocycles. The van der Waals surface area contributed by atoms with E-state index in [0.717, 1.165) is 11.1 Å². The molecular formula is C21H17ClN4O. The largest absolute Gasteiger partial charge is 0.322 e. The number of carbonyl (C=O) groups is 1. The highest BCUT2D eigenvalue weighted by atomic mass is 35.5. The van der Waals surface area contributed by atoms with Crippen LogP contribution in [0, 0.1) is 6.92 Å². The Balaban J connectivity index is 1.62. The maximum absolute atomic E-state index is 12.6. The molecule has 2 aromatic carbocycles. The molecule has 134 valence electrons. The topological polar surface area (TPSA) is 59.8 Å². The van der Waals surface area contributed by atoms with Gasteiger partial charge in [-0.3, -0.25) is 4.79 Å². The van der Waals surface area contributed by atoms with Crippen LogP contribution in [0.2, 0.25) is 5.02 Å². The lowest BCUT2D eigenvalue weighted by atomic mass is 10.2. The molecular weight excluding hydrogens is 360 g/mol. The molecule has 6 heteroatoms. The number of hydrogen-bond acceptors (Lipinski definition) is 3. The van der Waals surface area contributed by atoms with Gasteiger partial charge in [0.1, 0.15) is 0 Å². The summed E-state index contributed by atoms with van der Waals surface area (Å²) in [4.78, 5) is 17.0. The Hall–Kier alpha value is -3.18. The molecule has 5 nitrogen and oxygen atoms in total. The number of anilines is 1. The number of halogens is 1. The normalized spacial score (nSPS) is 10.9. The summed E-state index contributed by atoms with van der Waals surface area (Å²) in [6, 6.07) is 17.6. The third-order valence-electron chi connectivity index (χ3n) is 4.33. The fraction of sp³-hybridized carbons (Fsp3) is 0.0952. The fourth-order valence-corrected chi connectivity index (χ4v) is 3.13. The highest BCUT2D eigenvalue weighted by Crippen LogP contribution is 2.26. The van der Waals surface area contributed by atoms with Gasteiger partial charge >= 0.3 is 0 Å². The van der Waals surface area contributed by atoms with Gasteiger partial charge < -0.3 is 5.32 Å². The van der Waals surface area contributed by atoms with Gasteiger partial charge in [0, 0.05) is 11.9 Å². The van der Waals surface area contributed by atoms with E-state index in [0.29, 0.717) is 33.9 Å². The monoisotopic (exact) mass is 376 g/mol. The number of rotatable bonds is 4. The van der Waals surface area contributed by atoms with Crippen molar-refractivity contribution in [2.75, 3.05) is 5.32 Å². The second kappa shape index (κ2) is 7.21. The summed E-state index contributed by atoms with van der Waals surface area (Å²) >= 11 is 6.49. The van der Waals surface area contributed by atoms with Gasteiger partial charge in [-0.15, -0.1) is 0 Å². The molecule has 27 heavy (non-hydrogen) atoms. The van der Waals surface area contributed by atoms with Gasteiger partial charge in [0.2, 0.25) is 0 Å². The molecule has 0 saturated carbocycles. The van der Waals surface area contributed by atoms with Crippen LogP contribution in [0.4, 0.5) is 5.69 Å². The van der Waals surface area contributed by atoms with Crippen LogP contribution in [0.15, 0.2) is 67.0 Å². The van der Waals surface area contributed by atoms with E-state index in [1.54, 1.807) is 10.9 Å². The number of fused-ring (bicyclic) bond motifs is 1. The van der Waals surface area contributed by atoms with Gasteiger partial charge in [0.05, 0.1) is 28.7 Å². The van der Waals surface area contributed by atoms with E-state index >= 15 is 0 Å². The highest BCUT2D eigenvalue weighted by Gasteiger charge is 2.17. The number of nitrogens with one attached hydrogen (secondary N) is 1. The van der Waals surface area contributed by atoms with Crippen molar-refractivity contribution < 1.29 is 4.79 Å². The van der Waals surface area contributed by atoms with Crippen molar-refractivity contribution in [1.82, 2.24) is 14.8 Å². The van der Waals surface area contributed by atoms with Crippen LogP contribution in [0.1, 0.15) is 21.5 Å². The number of hydrogen-bond donors (Lipinski definition) is 1. The zero-order chi connectivity index (χ0) is 18.8. The van der Waals surface area contributed by atoms with Crippen molar-refractivity contribution in [3.05, 3.63) is 88.7 Å². The molecule has 0 bridgehead atoms. The van der Waals surface area contributed by atoms with Gasteiger partial charge in [0.25, 0.3) is 5.91 Å². The van der Waals surface area contributed by atoms with Crippen LogP contribution >= 0.6 is 11.6 Å². The maximum Gasteiger partial charge on any atom is 0.258 e. The average molecular weight is 377 g/mol. The number of amides is 1. The summed E-state index contributed by atoms with van der Waals surface area (Å²) in [5.74, 6) is -0.297. The molecule has 0 aliphatic heterocycles. The van der Waals surface area contributed by atoms with E-state index in [2.05, 4.69) is 15.4 Å². The van der Waals surface area contributed by atoms with Crippen LogP contribution in [0.3, 0.4) is 0 Å². The quantitative estimate of drug-likeness (QED) is 0.562. The molecule has 1 N–H and O–H groups in total. The van der Waals surface area contributed by atoms with Crippen LogP contribution < -0.4 is 5.32 Å². The Kier molecular flexibility index (Phi) is 4.60. The Morgan fingerprint density at radius 2 is 1.81 bits per heavy atom. The smallest absolute Gasteiger partial charge is 0.258 e. The number of aryl methyl sites for hydroxylation is 1. The summed E-state index contributed by atoms with van der Waals surface area (Å²) in [7, 11) is 0. The number of benzene rings is 2. The summed E-state index contributed by atoms with van der Waals surface area (Å²) in [6.45, 7) is 2.58. The zero-order valence-corrected chi connectivity index (χ0v) is 15.4. The molecule has 0 radical (unpaired) electrons. The van der Waals surface area contributed by atoms with Crippen LogP contribution in [-0.4, -0.2) is 20.7 Å². The molecule has 0 atom stereocenters. The van der Waals surface area contributed by atoms with E-state index < -0.39 is 0 Å². The van der Waals surface area contributed by atoms with Crippen molar-refractivity contribution in [2.45, 2.75) is 13.5 Å². The van der Waals surface area contributed by atoms with Crippen molar-refractivity contribution in [3.8, 4) is 0 Å². The second-order valence-electron chi connectivity index (χ2n) is 6.33. The minimum atomic E-state index is -0.297. The van der Waals surface area contributed by atoms with E-state index in [-0.39, 0.29) is 5.91 Å². The predicted octanol–water partition coefficient (Wildman–Crippen LogP) is 4.69. The minimum Gasteiger partial charge on any atom is -0.322 e. The molecule has 2 heterocycles. The van der Waals surface area contributed by atoms with Crippen molar-refractivity contribution in [1.29, 1.82) is 0 Å². The number of pyridine rings is 1. The first-order valence-corrected chi connectivity index (χ1v) is 8.91. The van der Waals surface area contributed by atoms with E-state index in [4.69, 9.17) is 11.6 Å². The second-order valence-corrected chi connectivity index (χ2v) is 6.71. The van der Waals surface area contributed by atoms with E-state index in [9.17, 15) is 4.79 Å². The van der Waals surface area contributed by atoms with Gasteiger partial charge in [-0.05, 0) is 24.6 Å². The Labute approximate surface area is 161 Å². The summed E-state index contributed by atoms with van der Waals surface area (Å²) in [6.07, 6.45) is 3.15. The van der Waals surface area contributed by atoms with Gasteiger partial charge in [0.15, 0.2) is 5.65 Å². The fourth-order valence-electron chi connectivity index (χ4n) is 2.86. The number of aromatic nitrogens is 3. The van der Waals surface area contributed by atoms with Gasteiger partial charge in [-0.25, -0.2) is 9.67 Å². The molecule has 0 spiro atoms. The van der Waals surface area contributed by atoms with Crippen LogP contribution in [0.25, 0.3) is 11.0 Å². The van der Waals surface area contributed by atoms with E-state index in [1.807, 2.05) is 61.5 Å². The van der Waals surface area contributed by atoms with Gasteiger partial charge in [-0.1, -0.05) is 59.6 Å². The van der Waals surface area contributed by atoms with Crippen LogP contribution in [-0.2, 0) is 6.54 Å². The minimum absolute atomic E-state index is 0.297. The average Bonchev–Trinajstić information content (AvgIpc) is 3.08. The Morgan fingerprint density at radius 1 is 1.07 bits per heavy atom. The molecule has 0 aliphatic rings. The molecule has 1 amide bonds. The lowest BCUT2D eigenvalue weighted by Crippen LogP contribution is -2.13. The first-order chi connectivity index (χ1) is 13.1. The summed E-state index contributed by atoms with van der Waals surface area (Å²) < 4.78 is 1.78. The van der Waals surface area contributed by atoms with Crippen LogP contribution in [0.5, 0.6) is 0 Å². The molecule has 0 unspecified atom stereocenters. The third kappa shape index (κ3) is 3.55. The van der Waals surface area contributed by atoms with Crippen molar-refractivity contribution in [2.24, 2.45) is 0 Å². The predicted molar refractivity (Wildman–Crippen MR) is 107 cm³/mol. The zero-order valence-electron chi connectivity index (χ0n) is 14.7. The Morgan fingerprint density at radius 3 is 2.56 bits per heavy atom. The third-order valence-corrected chi connectivity index (χ3v) is 4.74. The molecule has 0 fully saturated rings. The number of nitrogens with zero attached hydrogens (tertiary/aromatic N) is 3. The van der Waals surface area contributed by atoms with Crippen molar-refractivity contribution in [3.63, 3.8) is 0 Å². The lowest BCUT2D eigenvalue weighted by molar-refractivity contribution is 0.102. The standard InChI is InChI=1S/C21H17ClN4O/c1-14-7-9-16(10-8-14)25-21(27)18-11-23-20-17(19(18)22)12-24-26(20)13-15-5-3-2-4-6-15/h2-12H,13H2,1H3,(H,25,27). The summed E-state index contributed by atoms with van der Waals surface area (Å²) in [5, 5.41) is 8.24. The van der Waals surface area contributed by atoms with E-state index in [1.165, 1.54) is 6.20 Å². The first-order valence-electron chi connectivity index (χ1n) is 8.54. The highest BCUT2D eigenvalue weighted by molar-refractivity contribution is 6.38. The maximum atomic E-state index is 12.6. The molecule has 2 aromatic heterocycles. The Bertz CT molecular complexity index is 1100. The molecule has 4 rings (SSSR count). The lowest BCUT2D eigenvalue weighted by Gasteiger charge is -2.08. The molecule has 0 aliphatic carbocycles. The number of carbonyl (C=O) groups excluding carboxylic acids is 1. The first kappa shape index (κ1) is 17.2.